The standard InChI is InChI=1S/C22H26BrClN2O3/c1-3-12-25-22(28)16(2)26(13-11-17-7-5-4-6-8-17)21(27)15-29-20-10-9-18(23)14-19(20)24/h4-10,14,16H,3,11-13,15H2,1-2H3,(H,25,28)/t16-/m0/s1. The van der Waals surface area contributed by atoms with Crippen LogP contribution in [0.25, 0.3) is 0 Å². The van der Waals surface area contributed by atoms with Crippen molar-refractivity contribution in [1.82, 2.24) is 10.2 Å². The number of rotatable bonds is 10. The number of benzene rings is 2. The molecule has 0 radical (unpaired) electrons. The summed E-state index contributed by atoms with van der Waals surface area (Å²) in [6.45, 7) is 4.52. The Morgan fingerprint density at radius 2 is 1.93 bits per heavy atom. The average molecular weight is 482 g/mol. The Balaban J connectivity index is 2.07. The Morgan fingerprint density at radius 1 is 1.21 bits per heavy atom. The second-order valence-electron chi connectivity index (χ2n) is 6.65. The molecule has 0 aliphatic rings. The van der Waals surface area contributed by atoms with Gasteiger partial charge in [-0.1, -0.05) is 64.8 Å². The van der Waals surface area contributed by atoms with Crippen LogP contribution >= 0.6 is 27.5 Å². The first-order chi connectivity index (χ1) is 13.9. The van der Waals surface area contributed by atoms with Crippen molar-refractivity contribution in [3.05, 3.63) is 63.6 Å². The van der Waals surface area contributed by atoms with Crippen molar-refractivity contribution in [1.29, 1.82) is 0 Å². The molecule has 2 rings (SSSR count). The third-order valence-corrected chi connectivity index (χ3v) is 5.23. The molecular weight excluding hydrogens is 456 g/mol. The van der Waals surface area contributed by atoms with Gasteiger partial charge in [0.2, 0.25) is 5.91 Å². The van der Waals surface area contributed by atoms with E-state index in [1.165, 1.54) is 0 Å². The van der Waals surface area contributed by atoms with Crippen molar-refractivity contribution in [3.8, 4) is 5.75 Å². The van der Waals surface area contributed by atoms with Gasteiger partial charge >= 0.3 is 0 Å². The van der Waals surface area contributed by atoms with Gasteiger partial charge in [-0.2, -0.15) is 0 Å². The van der Waals surface area contributed by atoms with Crippen molar-refractivity contribution in [3.63, 3.8) is 0 Å². The lowest BCUT2D eigenvalue weighted by Gasteiger charge is -2.28. The Hall–Kier alpha value is -2.05. The van der Waals surface area contributed by atoms with E-state index in [0.29, 0.717) is 30.3 Å². The zero-order valence-corrected chi connectivity index (χ0v) is 19.0. The van der Waals surface area contributed by atoms with E-state index in [1.807, 2.05) is 37.3 Å². The van der Waals surface area contributed by atoms with Crippen molar-refractivity contribution >= 4 is 39.3 Å². The van der Waals surface area contributed by atoms with Gasteiger partial charge in [0.05, 0.1) is 5.02 Å². The summed E-state index contributed by atoms with van der Waals surface area (Å²) in [6.07, 6.45) is 1.48. The van der Waals surface area contributed by atoms with Crippen LogP contribution in [-0.4, -0.2) is 42.5 Å². The van der Waals surface area contributed by atoms with Crippen LogP contribution in [-0.2, 0) is 16.0 Å². The third kappa shape index (κ3) is 7.37. The second-order valence-corrected chi connectivity index (χ2v) is 7.98. The normalized spacial score (nSPS) is 11.6. The number of carbonyl (C=O) groups is 2. The summed E-state index contributed by atoms with van der Waals surface area (Å²) in [5.74, 6) is -0.0108. The van der Waals surface area contributed by atoms with E-state index in [1.54, 1.807) is 30.0 Å². The fourth-order valence-corrected chi connectivity index (χ4v) is 3.51. The molecule has 0 aliphatic carbocycles. The van der Waals surface area contributed by atoms with Crippen LogP contribution in [0, 0.1) is 0 Å². The molecule has 1 N–H and O–H groups in total. The number of hydrogen-bond donors (Lipinski definition) is 1. The Bertz CT molecular complexity index is 817. The minimum Gasteiger partial charge on any atom is -0.482 e. The number of hydrogen-bond acceptors (Lipinski definition) is 3. The first-order valence-corrected chi connectivity index (χ1v) is 10.8. The molecular formula is C22H26BrClN2O3. The van der Waals surface area contributed by atoms with Crippen molar-refractivity contribution in [2.75, 3.05) is 19.7 Å². The topological polar surface area (TPSA) is 58.6 Å². The van der Waals surface area contributed by atoms with Gasteiger partial charge in [-0.05, 0) is 43.5 Å². The van der Waals surface area contributed by atoms with Crippen molar-refractivity contribution in [2.45, 2.75) is 32.7 Å². The number of nitrogens with zero attached hydrogens (tertiary/aromatic N) is 1. The van der Waals surface area contributed by atoms with Gasteiger partial charge in [0, 0.05) is 17.6 Å². The number of nitrogens with one attached hydrogen (secondary N) is 1. The summed E-state index contributed by atoms with van der Waals surface area (Å²) in [4.78, 5) is 26.9. The monoisotopic (exact) mass is 480 g/mol. The lowest BCUT2D eigenvalue weighted by atomic mass is 10.1. The van der Waals surface area contributed by atoms with Crippen LogP contribution in [0.15, 0.2) is 53.0 Å². The molecule has 0 aliphatic heterocycles. The first-order valence-electron chi connectivity index (χ1n) is 9.61. The molecule has 0 bridgehead atoms. The molecule has 2 amide bonds. The Morgan fingerprint density at radius 3 is 2.59 bits per heavy atom. The Labute approximate surface area is 185 Å². The van der Waals surface area contributed by atoms with Crippen molar-refractivity contribution in [2.24, 2.45) is 0 Å². The molecule has 0 aromatic heterocycles. The van der Waals surface area contributed by atoms with Crippen LogP contribution in [0.4, 0.5) is 0 Å². The lowest BCUT2D eigenvalue weighted by Crippen LogP contribution is -2.50. The Kier molecular flexibility index (Phi) is 9.48. The maximum absolute atomic E-state index is 12.9. The highest BCUT2D eigenvalue weighted by atomic mass is 79.9. The number of amides is 2. The van der Waals surface area contributed by atoms with Gasteiger partial charge in [0.1, 0.15) is 11.8 Å². The summed E-state index contributed by atoms with van der Waals surface area (Å²) >= 11 is 9.50. The number of carbonyl (C=O) groups excluding carboxylic acids is 2. The average Bonchev–Trinajstić information content (AvgIpc) is 2.72. The summed E-state index contributed by atoms with van der Waals surface area (Å²) in [5.41, 5.74) is 1.10. The largest absolute Gasteiger partial charge is 0.482 e. The molecule has 7 heteroatoms. The molecule has 1 atom stereocenters. The van der Waals surface area contributed by atoms with Gasteiger partial charge in [-0.25, -0.2) is 0 Å². The predicted octanol–water partition coefficient (Wildman–Crippen LogP) is 4.47. The van der Waals surface area contributed by atoms with Crippen LogP contribution in [0.3, 0.4) is 0 Å². The van der Waals surface area contributed by atoms with Crippen LogP contribution in [0.1, 0.15) is 25.8 Å². The summed E-state index contributed by atoms with van der Waals surface area (Å²) in [7, 11) is 0. The highest BCUT2D eigenvalue weighted by Gasteiger charge is 2.26. The molecule has 0 heterocycles. The molecule has 2 aromatic rings. The van der Waals surface area contributed by atoms with Crippen LogP contribution in [0.5, 0.6) is 5.75 Å². The van der Waals surface area contributed by atoms with Crippen LogP contribution in [0.2, 0.25) is 5.02 Å². The highest BCUT2D eigenvalue weighted by Crippen LogP contribution is 2.27. The van der Waals surface area contributed by atoms with Gasteiger partial charge in [-0.15, -0.1) is 0 Å². The number of halogens is 2. The van der Waals surface area contributed by atoms with Gasteiger partial charge in [-0.3, -0.25) is 9.59 Å². The first kappa shape index (κ1) is 23.2. The quantitative estimate of drug-likeness (QED) is 0.545. The van der Waals surface area contributed by atoms with E-state index in [-0.39, 0.29) is 18.4 Å². The molecule has 29 heavy (non-hydrogen) atoms. The molecule has 2 aromatic carbocycles. The molecule has 0 unspecified atom stereocenters. The van der Waals surface area contributed by atoms with Gasteiger partial charge < -0.3 is 15.0 Å². The predicted molar refractivity (Wildman–Crippen MR) is 119 cm³/mol. The van der Waals surface area contributed by atoms with E-state index >= 15 is 0 Å². The van der Waals surface area contributed by atoms with E-state index in [0.717, 1.165) is 16.5 Å². The zero-order chi connectivity index (χ0) is 21.2. The maximum Gasteiger partial charge on any atom is 0.261 e. The van der Waals surface area contributed by atoms with Crippen molar-refractivity contribution < 1.29 is 14.3 Å². The lowest BCUT2D eigenvalue weighted by molar-refractivity contribution is -0.141. The summed E-state index contributed by atoms with van der Waals surface area (Å²) in [5, 5.41) is 3.27. The van der Waals surface area contributed by atoms with Crippen LogP contribution < -0.4 is 10.1 Å². The van der Waals surface area contributed by atoms with E-state index < -0.39 is 6.04 Å². The molecule has 5 nitrogen and oxygen atoms in total. The summed E-state index contributed by atoms with van der Waals surface area (Å²) < 4.78 is 6.45. The summed E-state index contributed by atoms with van der Waals surface area (Å²) in [6, 6.07) is 14.5. The molecule has 0 saturated heterocycles. The maximum atomic E-state index is 12.9. The molecule has 0 fully saturated rings. The fraction of sp³-hybridized carbons (Fsp3) is 0.364. The molecule has 156 valence electrons. The minimum atomic E-state index is -0.596. The highest BCUT2D eigenvalue weighted by molar-refractivity contribution is 9.10. The zero-order valence-electron chi connectivity index (χ0n) is 16.7. The van der Waals surface area contributed by atoms with E-state index in [4.69, 9.17) is 16.3 Å². The molecule has 0 spiro atoms. The second kappa shape index (κ2) is 11.8. The minimum absolute atomic E-state index is 0.171. The van der Waals surface area contributed by atoms with E-state index in [2.05, 4.69) is 21.2 Å². The van der Waals surface area contributed by atoms with Gasteiger partial charge in [0.15, 0.2) is 6.61 Å². The third-order valence-electron chi connectivity index (χ3n) is 4.45. The smallest absolute Gasteiger partial charge is 0.261 e. The van der Waals surface area contributed by atoms with Gasteiger partial charge in [0.25, 0.3) is 5.91 Å². The van der Waals surface area contributed by atoms with E-state index in [9.17, 15) is 9.59 Å². The fourth-order valence-electron chi connectivity index (χ4n) is 2.78. The molecule has 0 saturated carbocycles. The SMILES string of the molecule is CCCNC(=O)[C@H](C)N(CCc1ccccc1)C(=O)COc1ccc(Br)cc1Cl. The number of ether oxygens (including phenoxy) is 1.